The number of anilines is 1. The first-order chi connectivity index (χ1) is 11.1. The lowest BCUT2D eigenvalue weighted by molar-refractivity contribution is 0.102. The summed E-state index contributed by atoms with van der Waals surface area (Å²) < 4.78 is 0. The fourth-order valence-electron chi connectivity index (χ4n) is 2.84. The van der Waals surface area contributed by atoms with Crippen molar-refractivity contribution in [3.63, 3.8) is 0 Å². The fourth-order valence-corrected chi connectivity index (χ4v) is 3.53. The third-order valence-electron chi connectivity index (χ3n) is 4.38. The minimum absolute atomic E-state index is 0.0908. The maximum Gasteiger partial charge on any atom is 0.257 e. The molecule has 0 aliphatic carbocycles. The third-order valence-corrected chi connectivity index (χ3v) is 5.18. The van der Waals surface area contributed by atoms with E-state index in [1.165, 1.54) is 36.2 Å². The lowest BCUT2D eigenvalue weighted by Gasteiger charge is -2.25. The molecule has 2 aromatic rings. The summed E-state index contributed by atoms with van der Waals surface area (Å²) in [5, 5.41) is 5.64. The molecular formula is C18H23N3OS. The van der Waals surface area contributed by atoms with Gasteiger partial charge in [0.15, 0.2) is 5.13 Å². The van der Waals surface area contributed by atoms with Gasteiger partial charge in [0, 0.05) is 17.5 Å². The Hall–Kier alpha value is -1.72. The van der Waals surface area contributed by atoms with Crippen molar-refractivity contribution in [2.75, 3.05) is 18.4 Å². The van der Waals surface area contributed by atoms with Crippen LogP contribution in [0.3, 0.4) is 0 Å². The smallest absolute Gasteiger partial charge is 0.257 e. The SMILES string of the molecule is Cc1ccc(C(=O)Nc2nc(CN3CCCCC3)cs2)cc1C. The Labute approximate surface area is 141 Å². The largest absolute Gasteiger partial charge is 0.298 e. The number of aryl methyl sites for hydroxylation is 2. The van der Waals surface area contributed by atoms with Crippen LogP contribution >= 0.6 is 11.3 Å². The molecule has 0 bridgehead atoms. The number of nitrogens with one attached hydrogen (secondary N) is 1. The van der Waals surface area contributed by atoms with E-state index in [-0.39, 0.29) is 5.91 Å². The molecule has 1 aliphatic heterocycles. The highest BCUT2D eigenvalue weighted by atomic mass is 32.1. The van der Waals surface area contributed by atoms with Crippen LogP contribution in [0.4, 0.5) is 5.13 Å². The molecule has 23 heavy (non-hydrogen) atoms. The van der Waals surface area contributed by atoms with E-state index in [4.69, 9.17) is 0 Å². The maximum atomic E-state index is 12.3. The molecule has 5 heteroatoms. The number of piperidine rings is 1. The monoisotopic (exact) mass is 329 g/mol. The van der Waals surface area contributed by atoms with Gasteiger partial charge in [0.25, 0.3) is 5.91 Å². The van der Waals surface area contributed by atoms with E-state index >= 15 is 0 Å². The van der Waals surface area contributed by atoms with Gasteiger partial charge in [-0.15, -0.1) is 11.3 Å². The highest BCUT2D eigenvalue weighted by Crippen LogP contribution is 2.20. The van der Waals surface area contributed by atoms with E-state index in [0.29, 0.717) is 10.7 Å². The zero-order valence-electron chi connectivity index (χ0n) is 13.8. The Morgan fingerprint density at radius 2 is 2.00 bits per heavy atom. The topological polar surface area (TPSA) is 45.2 Å². The lowest BCUT2D eigenvalue weighted by atomic mass is 10.1. The van der Waals surface area contributed by atoms with Crippen LogP contribution in [0, 0.1) is 13.8 Å². The molecule has 0 atom stereocenters. The molecule has 0 spiro atoms. The maximum absolute atomic E-state index is 12.3. The molecule has 122 valence electrons. The highest BCUT2D eigenvalue weighted by molar-refractivity contribution is 7.13. The van der Waals surface area contributed by atoms with Crippen molar-refractivity contribution in [3.05, 3.63) is 46.0 Å². The van der Waals surface area contributed by atoms with Crippen LogP contribution < -0.4 is 5.32 Å². The molecule has 2 heterocycles. The van der Waals surface area contributed by atoms with Crippen molar-refractivity contribution < 1.29 is 4.79 Å². The minimum Gasteiger partial charge on any atom is -0.298 e. The van der Waals surface area contributed by atoms with Gasteiger partial charge in [-0.2, -0.15) is 0 Å². The normalized spacial score (nSPS) is 15.6. The van der Waals surface area contributed by atoms with E-state index in [2.05, 4.69) is 15.2 Å². The van der Waals surface area contributed by atoms with E-state index in [0.717, 1.165) is 30.9 Å². The van der Waals surface area contributed by atoms with Crippen LogP contribution in [0.25, 0.3) is 0 Å². The molecule has 1 aromatic carbocycles. The number of hydrogen-bond acceptors (Lipinski definition) is 4. The first kappa shape index (κ1) is 16.1. The molecular weight excluding hydrogens is 306 g/mol. The van der Waals surface area contributed by atoms with Crippen LogP contribution in [-0.4, -0.2) is 28.9 Å². The van der Waals surface area contributed by atoms with Crippen LogP contribution in [0.2, 0.25) is 0 Å². The number of aromatic nitrogens is 1. The Kier molecular flexibility index (Phi) is 5.08. The van der Waals surface area contributed by atoms with Crippen molar-refractivity contribution in [1.82, 2.24) is 9.88 Å². The average Bonchev–Trinajstić information content (AvgIpc) is 2.98. The van der Waals surface area contributed by atoms with E-state index < -0.39 is 0 Å². The second-order valence-corrected chi connectivity index (χ2v) is 7.09. The van der Waals surface area contributed by atoms with Gasteiger partial charge in [0.1, 0.15) is 0 Å². The predicted octanol–water partition coefficient (Wildman–Crippen LogP) is 4.00. The molecule has 1 saturated heterocycles. The number of amides is 1. The van der Waals surface area contributed by atoms with Gasteiger partial charge < -0.3 is 0 Å². The standard InChI is InChI=1S/C18H23N3OS/c1-13-6-7-15(10-14(13)2)17(22)20-18-19-16(12-23-18)11-21-8-4-3-5-9-21/h6-7,10,12H,3-5,8-9,11H2,1-2H3,(H,19,20,22). The zero-order chi connectivity index (χ0) is 16.2. The summed E-state index contributed by atoms with van der Waals surface area (Å²) in [5.74, 6) is -0.0908. The third kappa shape index (κ3) is 4.18. The van der Waals surface area contributed by atoms with Crippen molar-refractivity contribution in [2.24, 2.45) is 0 Å². The lowest BCUT2D eigenvalue weighted by Crippen LogP contribution is -2.29. The summed E-state index contributed by atoms with van der Waals surface area (Å²) in [6.07, 6.45) is 3.89. The molecule has 0 saturated carbocycles. The van der Waals surface area contributed by atoms with Crippen molar-refractivity contribution in [3.8, 4) is 0 Å². The first-order valence-corrected chi connectivity index (χ1v) is 9.05. The van der Waals surface area contributed by atoms with Crippen LogP contribution in [0.5, 0.6) is 0 Å². The predicted molar refractivity (Wildman–Crippen MR) is 95.1 cm³/mol. The minimum atomic E-state index is -0.0908. The van der Waals surface area contributed by atoms with Gasteiger partial charge in [-0.1, -0.05) is 12.5 Å². The Morgan fingerprint density at radius 1 is 1.22 bits per heavy atom. The van der Waals surface area contributed by atoms with Crippen molar-refractivity contribution in [2.45, 2.75) is 39.7 Å². The summed E-state index contributed by atoms with van der Waals surface area (Å²) in [4.78, 5) is 19.3. The number of hydrogen-bond donors (Lipinski definition) is 1. The molecule has 1 amide bonds. The van der Waals surface area contributed by atoms with Crippen molar-refractivity contribution >= 4 is 22.4 Å². The summed E-state index contributed by atoms with van der Waals surface area (Å²) in [6.45, 7) is 7.26. The second-order valence-electron chi connectivity index (χ2n) is 6.23. The second kappa shape index (κ2) is 7.23. The van der Waals surface area contributed by atoms with Crippen LogP contribution in [0.1, 0.15) is 46.4 Å². The summed E-state index contributed by atoms with van der Waals surface area (Å²) in [7, 11) is 0. The van der Waals surface area contributed by atoms with Gasteiger partial charge in [-0.25, -0.2) is 4.98 Å². The summed E-state index contributed by atoms with van der Waals surface area (Å²) >= 11 is 1.50. The van der Waals surface area contributed by atoms with Crippen molar-refractivity contribution in [1.29, 1.82) is 0 Å². The summed E-state index contributed by atoms with van der Waals surface area (Å²) in [5.41, 5.74) is 4.05. The molecule has 1 N–H and O–H groups in total. The molecule has 0 radical (unpaired) electrons. The van der Waals surface area contributed by atoms with Gasteiger partial charge in [0.05, 0.1) is 5.69 Å². The average molecular weight is 329 g/mol. The number of rotatable bonds is 4. The van der Waals surface area contributed by atoms with Gasteiger partial charge in [0.2, 0.25) is 0 Å². The first-order valence-electron chi connectivity index (χ1n) is 8.17. The Bertz CT molecular complexity index is 689. The van der Waals surface area contributed by atoms with Crippen LogP contribution in [-0.2, 0) is 6.54 Å². The molecule has 4 nitrogen and oxygen atoms in total. The highest BCUT2D eigenvalue weighted by Gasteiger charge is 2.14. The number of thiazole rings is 1. The van der Waals surface area contributed by atoms with Crippen LogP contribution in [0.15, 0.2) is 23.6 Å². The molecule has 0 unspecified atom stereocenters. The quantitative estimate of drug-likeness (QED) is 0.922. The zero-order valence-corrected chi connectivity index (χ0v) is 14.6. The van der Waals surface area contributed by atoms with Gasteiger partial charge in [-0.05, 0) is 63.0 Å². The van der Waals surface area contributed by atoms with Gasteiger partial charge >= 0.3 is 0 Å². The molecule has 3 rings (SSSR count). The van der Waals surface area contributed by atoms with E-state index in [9.17, 15) is 4.79 Å². The Balaban J connectivity index is 1.61. The number of carbonyl (C=O) groups excluding carboxylic acids is 1. The van der Waals surface area contributed by atoms with E-state index in [1.54, 1.807) is 0 Å². The van der Waals surface area contributed by atoms with Gasteiger partial charge in [-0.3, -0.25) is 15.0 Å². The number of carbonyl (C=O) groups is 1. The molecule has 1 fully saturated rings. The molecule has 1 aliphatic rings. The fraction of sp³-hybridized carbons (Fsp3) is 0.444. The molecule has 1 aromatic heterocycles. The number of benzene rings is 1. The summed E-state index contributed by atoms with van der Waals surface area (Å²) in [6, 6.07) is 5.76. The number of likely N-dealkylation sites (tertiary alicyclic amines) is 1. The number of nitrogens with zero attached hydrogens (tertiary/aromatic N) is 2. The Morgan fingerprint density at radius 3 is 2.74 bits per heavy atom. The van der Waals surface area contributed by atoms with E-state index in [1.807, 2.05) is 37.4 Å².